The molecule has 36 heavy (non-hydrogen) atoms. The number of aliphatic hydroxyl groups is 1. The molecule has 0 radical (unpaired) electrons. The zero-order valence-corrected chi connectivity index (χ0v) is 20.3. The molecule has 9 heteroatoms. The Labute approximate surface area is 211 Å². The van der Waals surface area contributed by atoms with Crippen LogP contribution in [0.15, 0.2) is 42.6 Å². The number of aliphatic hydroxyl groups excluding tert-OH is 1. The first kappa shape index (κ1) is 24.5. The average Bonchev–Trinajstić information content (AvgIpc) is 3.26. The van der Waals surface area contributed by atoms with Gasteiger partial charge in [-0.2, -0.15) is 0 Å². The molecule has 3 aliphatic rings. The molecule has 192 valence electrons. The number of nitrogens with one attached hydrogen (secondary N) is 3. The summed E-state index contributed by atoms with van der Waals surface area (Å²) >= 11 is 0. The van der Waals surface area contributed by atoms with Gasteiger partial charge in [0, 0.05) is 29.4 Å². The first-order valence-corrected chi connectivity index (χ1v) is 12.9. The molecular weight excluding hydrogens is 460 g/mol. The van der Waals surface area contributed by atoms with Crippen LogP contribution in [0.5, 0.6) is 5.75 Å². The summed E-state index contributed by atoms with van der Waals surface area (Å²) in [5.41, 5.74) is 2.45. The fraction of sp³-hybridized carbons (Fsp3) is 0.519. The van der Waals surface area contributed by atoms with Crippen LogP contribution < -0.4 is 20.7 Å². The molecule has 0 bridgehead atoms. The van der Waals surface area contributed by atoms with E-state index in [2.05, 4.69) is 20.9 Å². The SMILES string of the molecule is O=C(C[C@@H]1C[C@H]2c3cc(NC(=O)NC4CCCCC4)ccc3O[C@H]2[C@H](CO)O1)NCc1ccccn1. The van der Waals surface area contributed by atoms with Gasteiger partial charge in [0.2, 0.25) is 5.91 Å². The van der Waals surface area contributed by atoms with Crippen LogP contribution in [-0.2, 0) is 16.1 Å². The predicted octanol–water partition coefficient (Wildman–Crippen LogP) is 3.24. The van der Waals surface area contributed by atoms with Crippen molar-refractivity contribution >= 4 is 17.6 Å². The second-order valence-corrected chi connectivity index (χ2v) is 9.89. The van der Waals surface area contributed by atoms with Crippen molar-refractivity contribution in [2.24, 2.45) is 0 Å². The van der Waals surface area contributed by atoms with Gasteiger partial charge in [-0.3, -0.25) is 9.78 Å². The molecule has 0 spiro atoms. The minimum absolute atomic E-state index is 0.0392. The zero-order chi connectivity index (χ0) is 24.9. The highest BCUT2D eigenvalue weighted by atomic mass is 16.6. The quantitative estimate of drug-likeness (QED) is 0.469. The molecule has 0 unspecified atom stereocenters. The molecule has 4 N–H and O–H groups in total. The maximum absolute atomic E-state index is 12.6. The Bertz CT molecular complexity index is 1060. The number of benzene rings is 1. The summed E-state index contributed by atoms with van der Waals surface area (Å²) in [6.07, 6.45) is 6.83. The van der Waals surface area contributed by atoms with Crippen LogP contribution in [0.1, 0.15) is 62.1 Å². The number of carbonyl (C=O) groups excluding carboxylic acids is 2. The number of urea groups is 1. The van der Waals surface area contributed by atoms with E-state index in [1.54, 1.807) is 6.20 Å². The summed E-state index contributed by atoms with van der Waals surface area (Å²) in [5, 5.41) is 18.9. The second-order valence-electron chi connectivity index (χ2n) is 9.89. The van der Waals surface area contributed by atoms with Gasteiger partial charge >= 0.3 is 6.03 Å². The average molecular weight is 495 g/mol. The third-order valence-corrected chi connectivity index (χ3v) is 7.30. The summed E-state index contributed by atoms with van der Waals surface area (Å²) in [7, 11) is 0. The minimum atomic E-state index is -0.532. The molecule has 1 saturated heterocycles. The van der Waals surface area contributed by atoms with Crippen molar-refractivity contribution in [3.63, 3.8) is 0 Å². The summed E-state index contributed by atoms with van der Waals surface area (Å²) in [5.74, 6) is 0.558. The number of hydrogen-bond donors (Lipinski definition) is 4. The molecular formula is C27H34N4O5. The van der Waals surface area contributed by atoms with E-state index in [0.717, 1.165) is 42.7 Å². The Morgan fingerprint density at radius 1 is 1.11 bits per heavy atom. The van der Waals surface area contributed by atoms with Crippen molar-refractivity contribution in [1.82, 2.24) is 15.6 Å². The van der Waals surface area contributed by atoms with Crippen LogP contribution in [0, 0.1) is 0 Å². The highest BCUT2D eigenvalue weighted by Crippen LogP contribution is 2.47. The maximum atomic E-state index is 12.6. The summed E-state index contributed by atoms with van der Waals surface area (Å²) in [6, 6.07) is 11.2. The van der Waals surface area contributed by atoms with E-state index in [4.69, 9.17) is 9.47 Å². The summed E-state index contributed by atoms with van der Waals surface area (Å²) in [4.78, 5) is 29.4. The Kier molecular flexibility index (Phi) is 7.67. The number of amides is 3. The van der Waals surface area contributed by atoms with Gasteiger partial charge in [-0.1, -0.05) is 25.3 Å². The first-order chi connectivity index (χ1) is 17.6. The Balaban J connectivity index is 1.21. The topological polar surface area (TPSA) is 122 Å². The van der Waals surface area contributed by atoms with Gasteiger partial charge in [-0.05, 0) is 49.6 Å². The standard InChI is InChI=1S/C27H34N4O5/c32-16-24-26-22(13-20(35-24)14-25(33)29-15-19-8-4-5-11-28-19)21-12-18(9-10-23(21)36-26)31-27(34)30-17-6-2-1-3-7-17/h4-5,8-12,17,20,22,24,26,32H,1-3,6-7,13-16H2,(H,29,33)(H2,30,31,34)/t20-,22-,24-,26+/m0/s1. The van der Waals surface area contributed by atoms with Gasteiger partial charge in [0.25, 0.3) is 0 Å². The fourth-order valence-electron chi connectivity index (χ4n) is 5.54. The Morgan fingerprint density at radius 3 is 2.75 bits per heavy atom. The Hall–Kier alpha value is -3.17. The van der Waals surface area contributed by atoms with E-state index in [1.807, 2.05) is 36.4 Å². The smallest absolute Gasteiger partial charge is 0.319 e. The fourth-order valence-corrected chi connectivity index (χ4v) is 5.54. The lowest BCUT2D eigenvalue weighted by atomic mass is 9.84. The molecule has 1 saturated carbocycles. The van der Waals surface area contributed by atoms with E-state index in [0.29, 0.717) is 18.7 Å². The zero-order valence-electron chi connectivity index (χ0n) is 20.3. The highest BCUT2D eigenvalue weighted by molar-refractivity contribution is 5.89. The summed E-state index contributed by atoms with van der Waals surface area (Å²) < 4.78 is 12.2. The van der Waals surface area contributed by atoms with E-state index in [1.165, 1.54) is 6.42 Å². The molecule has 3 amide bonds. The molecule has 4 atom stereocenters. The molecule has 2 aliphatic heterocycles. The van der Waals surface area contributed by atoms with Crippen molar-refractivity contribution in [2.45, 2.75) is 81.8 Å². The molecule has 2 aromatic rings. The lowest BCUT2D eigenvalue weighted by Crippen LogP contribution is -2.47. The number of nitrogens with zero attached hydrogens (tertiary/aromatic N) is 1. The lowest BCUT2D eigenvalue weighted by molar-refractivity contribution is -0.142. The van der Waals surface area contributed by atoms with Crippen LogP contribution in [-0.4, -0.2) is 53.0 Å². The lowest BCUT2D eigenvalue weighted by Gasteiger charge is -2.37. The van der Waals surface area contributed by atoms with Crippen LogP contribution in [0.25, 0.3) is 0 Å². The predicted molar refractivity (Wildman–Crippen MR) is 134 cm³/mol. The number of carbonyl (C=O) groups is 2. The van der Waals surface area contributed by atoms with Gasteiger partial charge in [0.1, 0.15) is 18.0 Å². The third kappa shape index (κ3) is 5.79. The third-order valence-electron chi connectivity index (χ3n) is 7.30. The molecule has 1 aliphatic carbocycles. The van der Waals surface area contributed by atoms with Crippen LogP contribution >= 0.6 is 0 Å². The normalized spacial score (nSPS) is 25.2. The Morgan fingerprint density at radius 2 is 1.97 bits per heavy atom. The van der Waals surface area contributed by atoms with Crippen molar-refractivity contribution in [2.75, 3.05) is 11.9 Å². The molecule has 5 rings (SSSR count). The van der Waals surface area contributed by atoms with E-state index in [-0.39, 0.29) is 49.1 Å². The van der Waals surface area contributed by atoms with E-state index in [9.17, 15) is 14.7 Å². The van der Waals surface area contributed by atoms with Crippen molar-refractivity contribution in [1.29, 1.82) is 0 Å². The van der Waals surface area contributed by atoms with Gasteiger partial charge in [-0.25, -0.2) is 4.79 Å². The van der Waals surface area contributed by atoms with Crippen LogP contribution in [0.4, 0.5) is 10.5 Å². The largest absolute Gasteiger partial charge is 0.487 e. The number of rotatable bonds is 7. The number of aromatic nitrogens is 1. The van der Waals surface area contributed by atoms with Crippen molar-refractivity contribution in [3.8, 4) is 5.75 Å². The number of anilines is 1. The highest BCUT2D eigenvalue weighted by Gasteiger charge is 2.46. The molecule has 1 aromatic carbocycles. The van der Waals surface area contributed by atoms with Crippen LogP contribution in [0.2, 0.25) is 0 Å². The van der Waals surface area contributed by atoms with Crippen molar-refractivity contribution in [3.05, 3.63) is 53.9 Å². The summed E-state index contributed by atoms with van der Waals surface area (Å²) in [6.45, 7) is 0.155. The minimum Gasteiger partial charge on any atom is -0.487 e. The number of hydrogen-bond acceptors (Lipinski definition) is 6. The van der Waals surface area contributed by atoms with E-state index < -0.39 is 6.10 Å². The van der Waals surface area contributed by atoms with Gasteiger partial charge in [0.05, 0.1) is 31.4 Å². The number of pyridine rings is 1. The molecule has 9 nitrogen and oxygen atoms in total. The van der Waals surface area contributed by atoms with Gasteiger partial charge in [-0.15, -0.1) is 0 Å². The van der Waals surface area contributed by atoms with Gasteiger partial charge < -0.3 is 30.5 Å². The van der Waals surface area contributed by atoms with Gasteiger partial charge in [0.15, 0.2) is 0 Å². The first-order valence-electron chi connectivity index (χ1n) is 12.9. The second kappa shape index (κ2) is 11.3. The van der Waals surface area contributed by atoms with E-state index >= 15 is 0 Å². The number of ether oxygens (including phenoxy) is 2. The molecule has 2 fully saturated rings. The maximum Gasteiger partial charge on any atom is 0.319 e. The molecule has 3 heterocycles. The van der Waals surface area contributed by atoms with Crippen LogP contribution in [0.3, 0.4) is 0 Å². The molecule has 1 aromatic heterocycles. The monoisotopic (exact) mass is 494 g/mol. The van der Waals surface area contributed by atoms with Crippen molar-refractivity contribution < 1.29 is 24.2 Å². The number of fused-ring (bicyclic) bond motifs is 3.